The molecule has 4 heteroatoms. The molecule has 0 radical (unpaired) electrons. The summed E-state index contributed by atoms with van der Waals surface area (Å²) in [6.07, 6.45) is 0.675. The Morgan fingerprint density at radius 2 is 2.00 bits per heavy atom. The molecule has 2 unspecified atom stereocenters. The fraction of sp³-hybridized carbons (Fsp3) is 1.00. The van der Waals surface area contributed by atoms with E-state index < -0.39 is 0 Å². The molecule has 0 bridgehead atoms. The Hall–Kier alpha value is -0.160. The van der Waals surface area contributed by atoms with Crippen molar-refractivity contribution >= 4 is 0 Å². The molecule has 0 heterocycles. The Kier molecular flexibility index (Phi) is 7.39. The van der Waals surface area contributed by atoms with Gasteiger partial charge >= 0.3 is 0 Å². The number of hydrogen-bond acceptors (Lipinski definition) is 4. The van der Waals surface area contributed by atoms with Crippen LogP contribution in [0.5, 0.6) is 0 Å². The van der Waals surface area contributed by atoms with Gasteiger partial charge in [-0.2, -0.15) is 0 Å². The standard InChI is InChI=1S/C8H21N3O/c1-4-5-11-8(10-3)7(12)6-9-2/h7-12H,4-6H2,1-3H3. The summed E-state index contributed by atoms with van der Waals surface area (Å²) in [5.74, 6) is 0. The van der Waals surface area contributed by atoms with Crippen LogP contribution in [0.15, 0.2) is 0 Å². The Bertz CT molecular complexity index is 100. The van der Waals surface area contributed by atoms with Crippen molar-refractivity contribution in [3.05, 3.63) is 0 Å². The summed E-state index contributed by atoms with van der Waals surface area (Å²) in [7, 11) is 3.67. The monoisotopic (exact) mass is 175 g/mol. The Labute approximate surface area is 74.7 Å². The summed E-state index contributed by atoms with van der Waals surface area (Å²) in [5.41, 5.74) is 0. The number of hydrogen-bond donors (Lipinski definition) is 4. The lowest BCUT2D eigenvalue weighted by Gasteiger charge is -2.23. The first-order valence-corrected chi connectivity index (χ1v) is 4.49. The molecule has 74 valence electrons. The summed E-state index contributed by atoms with van der Waals surface area (Å²) < 4.78 is 0. The molecule has 0 aliphatic carbocycles. The number of likely N-dealkylation sites (N-methyl/N-ethyl adjacent to an activating group) is 2. The Morgan fingerprint density at radius 3 is 2.42 bits per heavy atom. The van der Waals surface area contributed by atoms with Crippen molar-refractivity contribution in [2.24, 2.45) is 0 Å². The van der Waals surface area contributed by atoms with Gasteiger partial charge in [-0.15, -0.1) is 0 Å². The van der Waals surface area contributed by atoms with Gasteiger partial charge in [-0.1, -0.05) is 6.92 Å². The normalized spacial score (nSPS) is 16.0. The van der Waals surface area contributed by atoms with Crippen molar-refractivity contribution < 1.29 is 5.11 Å². The summed E-state index contributed by atoms with van der Waals surface area (Å²) in [5, 5.41) is 18.7. The van der Waals surface area contributed by atoms with Crippen LogP contribution in [0.4, 0.5) is 0 Å². The van der Waals surface area contributed by atoms with Crippen LogP contribution >= 0.6 is 0 Å². The molecule has 0 aromatic carbocycles. The van der Waals surface area contributed by atoms with Gasteiger partial charge in [0.2, 0.25) is 0 Å². The summed E-state index contributed by atoms with van der Waals surface area (Å²) in [6, 6.07) is 0. The summed E-state index contributed by atoms with van der Waals surface area (Å²) >= 11 is 0. The third-order valence-corrected chi connectivity index (χ3v) is 1.72. The van der Waals surface area contributed by atoms with Gasteiger partial charge in [-0.3, -0.25) is 5.32 Å². The zero-order valence-electron chi connectivity index (χ0n) is 8.22. The fourth-order valence-corrected chi connectivity index (χ4v) is 1.06. The number of rotatable bonds is 7. The molecule has 0 saturated heterocycles. The molecule has 4 N–H and O–H groups in total. The van der Waals surface area contributed by atoms with E-state index in [2.05, 4.69) is 22.9 Å². The minimum atomic E-state index is -0.383. The molecule has 0 spiro atoms. The zero-order chi connectivity index (χ0) is 9.40. The first-order valence-electron chi connectivity index (χ1n) is 4.49. The van der Waals surface area contributed by atoms with E-state index in [-0.39, 0.29) is 12.3 Å². The highest BCUT2D eigenvalue weighted by Gasteiger charge is 2.14. The van der Waals surface area contributed by atoms with E-state index >= 15 is 0 Å². The predicted molar refractivity (Wildman–Crippen MR) is 51.1 cm³/mol. The van der Waals surface area contributed by atoms with Crippen LogP contribution in [-0.2, 0) is 0 Å². The van der Waals surface area contributed by atoms with Gasteiger partial charge in [-0.05, 0) is 27.1 Å². The third kappa shape index (κ3) is 4.66. The molecule has 2 atom stereocenters. The second kappa shape index (κ2) is 7.49. The van der Waals surface area contributed by atoms with Gasteiger partial charge in [-0.25, -0.2) is 0 Å². The van der Waals surface area contributed by atoms with Crippen LogP contribution in [0, 0.1) is 0 Å². The maximum atomic E-state index is 9.55. The molecule has 0 aliphatic rings. The van der Waals surface area contributed by atoms with E-state index in [1.54, 1.807) is 0 Å². The van der Waals surface area contributed by atoms with Gasteiger partial charge in [0.15, 0.2) is 0 Å². The number of aliphatic hydroxyl groups excluding tert-OH is 1. The third-order valence-electron chi connectivity index (χ3n) is 1.72. The maximum Gasteiger partial charge on any atom is 0.0948 e. The number of nitrogens with one attached hydrogen (secondary N) is 3. The van der Waals surface area contributed by atoms with E-state index in [0.717, 1.165) is 13.0 Å². The molecule has 12 heavy (non-hydrogen) atoms. The molecule has 0 fully saturated rings. The summed E-state index contributed by atoms with van der Waals surface area (Å²) in [4.78, 5) is 0. The van der Waals surface area contributed by atoms with Gasteiger partial charge in [0, 0.05) is 6.54 Å². The Morgan fingerprint density at radius 1 is 1.33 bits per heavy atom. The second-order valence-electron chi connectivity index (χ2n) is 2.85. The lowest BCUT2D eigenvalue weighted by molar-refractivity contribution is 0.115. The SMILES string of the molecule is CCCNC(NC)C(O)CNC. The average molecular weight is 175 g/mol. The van der Waals surface area contributed by atoms with Crippen LogP contribution in [0.25, 0.3) is 0 Å². The van der Waals surface area contributed by atoms with Crippen LogP contribution in [-0.4, -0.2) is 44.6 Å². The highest BCUT2D eigenvalue weighted by molar-refractivity contribution is 4.72. The highest BCUT2D eigenvalue weighted by atomic mass is 16.3. The molecule has 0 aliphatic heterocycles. The van der Waals surface area contributed by atoms with E-state index in [4.69, 9.17) is 0 Å². The quantitative estimate of drug-likeness (QED) is 0.379. The molecule has 0 saturated carbocycles. The molecule has 0 aromatic rings. The van der Waals surface area contributed by atoms with Gasteiger partial charge in [0.05, 0.1) is 12.3 Å². The molecule has 4 nitrogen and oxygen atoms in total. The topological polar surface area (TPSA) is 56.3 Å². The van der Waals surface area contributed by atoms with E-state index in [0.29, 0.717) is 6.54 Å². The van der Waals surface area contributed by atoms with Crippen molar-refractivity contribution in [2.45, 2.75) is 25.6 Å². The highest BCUT2D eigenvalue weighted by Crippen LogP contribution is 1.87. The van der Waals surface area contributed by atoms with Gasteiger partial charge < -0.3 is 15.7 Å². The first kappa shape index (κ1) is 11.8. The zero-order valence-corrected chi connectivity index (χ0v) is 8.22. The lowest BCUT2D eigenvalue weighted by atomic mass is 10.2. The molecular formula is C8H21N3O. The van der Waals surface area contributed by atoms with Crippen molar-refractivity contribution in [3.63, 3.8) is 0 Å². The molecule has 0 rings (SSSR count). The van der Waals surface area contributed by atoms with Crippen molar-refractivity contribution in [2.75, 3.05) is 27.2 Å². The summed E-state index contributed by atoms with van der Waals surface area (Å²) in [6.45, 7) is 3.62. The average Bonchev–Trinajstić information content (AvgIpc) is 2.06. The number of aliphatic hydroxyl groups is 1. The smallest absolute Gasteiger partial charge is 0.0948 e. The van der Waals surface area contributed by atoms with Crippen LogP contribution in [0.2, 0.25) is 0 Å². The maximum absolute atomic E-state index is 9.55. The van der Waals surface area contributed by atoms with E-state index in [1.807, 2.05) is 14.1 Å². The molecule has 0 amide bonds. The first-order chi connectivity index (χ1) is 5.76. The van der Waals surface area contributed by atoms with Crippen LogP contribution < -0.4 is 16.0 Å². The van der Waals surface area contributed by atoms with Gasteiger partial charge in [0.1, 0.15) is 0 Å². The van der Waals surface area contributed by atoms with Crippen molar-refractivity contribution in [1.82, 2.24) is 16.0 Å². The largest absolute Gasteiger partial charge is 0.389 e. The molecule has 0 aromatic heterocycles. The van der Waals surface area contributed by atoms with Gasteiger partial charge in [0.25, 0.3) is 0 Å². The predicted octanol–water partition coefficient (Wildman–Crippen LogP) is -0.888. The lowest BCUT2D eigenvalue weighted by Crippen LogP contribution is -2.52. The molecular weight excluding hydrogens is 154 g/mol. The fourth-order valence-electron chi connectivity index (χ4n) is 1.06. The minimum Gasteiger partial charge on any atom is -0.389 e. The Balaban J connectivity index is 3.62. The minimum absolute atomic E-state index is 0.0163. The van der Waals surface area contributed by atoms with Crippen LogP contribution in [0.1, 0.15) is 13.3 Å². The van der Waals surface area contributed by atoms with E-state index in [9.17, 15) is 5.11 Å². The second-order valence-corrected chi connectivity index (χ2v) is 2.85. The van der Waals surface area contributed by atoms with Crippen molar-refractivity contribution in [3.8, 4) is 0 Å². The van der Waals surface area contributed by atoms with E-state index in [1.165, 1.54) is 0 Å². The van der Waals surface area contributed by atoms with Crippen LogP contribution in [0.3, 0.4) is 0 Å². The van der Waals surface area contributed by atoms with Crippen molar-refractivity contribution in [1.29, 1.82) is 0 Å².